The van der Waals surface area contributed by atoms with Crippen LogP contribution in [0.25, 0.3) is 11.9 Å². The number of pyridine rings is 1. The van der Waals surface area contributed by atoms with E-state index in [4.69, 9.17) is 22.6 Å². The Morgan fingerprint density at radius 3 is 2.79 bits per heavy atom. The third kappa shape index (κ3) is 4.77. The fraction of sp³-hybridized carbons (Fsp3) is 0.286. The molecule has 0 amide bonds. The summed E-state index contributed by atoms with van der Waals surface area (Å²) < 4.78 is 28.8. The van der Waals surface area contributed by atoms with E-state index < -0.39 is 21.9 Å². The van der Waals surface area contributed by atoms with E-state index in [1.165, 1.54) is 42.2 Å². The van der Waals surface area contributed by atoms with E-state index in [0.29, 0.717) is 27.7 Å². The molecule has 150 valence electrons. The zero-order valence-corrected chi connectivity index (χ0v) is 17.5. The molecule has 0 spiro atoms. The Morgan fingerprint density at radius 1 is 1.38 bits per heavy atom. The first-order valence-corrected chi connectivity index (χ1v) is 10.0. The highest BCUT2D eigenvalue weighted by atomic mass is 35.5. The van der Waals surface area contributed by atoms with Gasteiger partial charge in [-0.3, -0.25) is 9.98 Å². The van der Waals surface area contributed by atoms with Crippen LogP contribution in [0, 0.1) is 17.1 Å². The molecule has 0 saturated carbocycles. The smallest absolute Gasteiger partial charge is 0.155 e. The van der Waals surface area contributed by atoms with Gasteiger partial charge in [0.25, 0.3) is 0 Å². The summed E-state index contributed by atoms with van der Waals surface area (Å²) in [4.78, 5) is 8.42. The lowest BCUT2D eigenvalue weighted by Gasteiger charge is -2.40. The second kappa shape index (κ2) is 8.13. The van der Waals surface area contributed by atoms with Crippen LogP contribution >= 0.6 is 23.4 Å². The van der Waals surface area contributed by atoms with Crippen LogP contribution in [0.1, 0.15) is 43.5 Å². The number of nitriles is 1. The lowest BCUT2D eigenvalue weighted by atomic mass is 9.81. The predicted octanol–water partition coefficient (Wildman–Crippen LogP) is 5.68. The fourth-order valence-corrected chi connectivity index (χ4v) is 4.88. The highest BCUT2D eigenvalue weighted by Gasteiger charge is 2.43. The minimum atomic E-state index is -0.968. The number of benzene rings is 1. The second-order valence-electron chi connectivity index (χ2n) is 7.38. The minimum absolute atomic E-state index is 0.129. The molecular weight excluding hydrogens is 414 g/mol. The summed E-state index contributed by atoms with van der Waals surface area (Å²) in [6, 6.07) is 9.50. The molecule has 8 heteroatoms. The minimum Gasteiger partial charge on any atom is -0.378 e. The van der Waals surface area contributed by atoms with Crippen LogP contribution in [-0.4, -0.2) is 14.9 Å². The van der Waals surface area contributed by atoms with Gasteiger partial charge in [-0.2, -0.15) is 5.26 Å². The van der Waals surface area contributed by atoms with E-state index in [-0.39, 0.29) is 12.1 Å². The van der Waals surface area contributed by atoms with Crippen molar-refractivity contribution in [3.63, 3.8) is 0 Å². The van der Waals surface area contributed by atoms with E-state index in [2.05, 4.69) is 16.0 Å². The van der Waals surface area contributed by atoms with Crippen molar-refractivity contribution in [1.82, 2.24) is 4.98 Å². The van der Waals surface area contributed by atoms with E-state index in [1.807, 2.05) is 6.92 Å². The molecule has 29 heavy (non-hydrogen) atoms. The number of amidine groups is 1. The Hall–Kier alpha value is -2.43. The quantitative estimate of drug-likeness (QED) is 0.674. The molecule has 1 aromatic carbocycles. The van der Waals surface area contributed by atoms with Crippen molar-refractivity contribution in [3.05, 3.63) is 64.2 Å². The fourth-order valence-electron chi connectivity index (χ4n) is 3.53. The highest BCUT2D eigenvalue weighted by Crippen LogP contribution is 2.47. The standard InChI is InChI=1S/C21H19ClF2N4S/c1-20(7-8-25)12-21(2,28-19(26)29-20)15-9-13(3-5-16(15)23)10-17(24)18-6-4-14(22)11-27-18/h3-6,9-11H,7,12H2,1-2H3,(H2,26,28)/b17-10-/t20-,21-/m0/s1. The number of nitrogens with zero attached hydrogens (tertiary/aromatic N) is 3. The van der Waals surface area contributed by atoms with Crippen molar-refractivity contribution >= 4 is 40.4 Å². The van der Waals surface area contributed by atoms with Crippen molar-refractivity contribution in [2.75, 3.05) is 0 Å². The number of halogens is 3. The maximum atomic E-state index is 14.7. The van der Waals surface area contributed by atoms with Crippen molar-refractivity contribution < 1.29 is 8.78 Å². The first-order chi connectivity index (χ1) is 13.6. The zero-order chi connectivity index (χ0) is 21.2. The molecule has 3 rings (SSSR count). The number of rotatable bonds is 4. The highest BCUT2D eigenvalue weighted by molar-refractivity contribution is 8.15. The van der Waals surface area contributed by atoms with Crippen LogP contribution < -0.4 is 5.73 Å². The number of thioether (sulfide) groups is 1. The van der Waals surface area contributed by atoms with E-state index in [0.717, 1.165) is 0 Å². The normalized spacial score (nSPS) is 24.7. The van der Waals surface area contributed by atoms with Gasteiger partial charge in [0.05, 0.1) is 28.7 Å². The van der Waals surface area contributed by atoms with Crippen molar-refractivity contribution in [1.29, 1.82) is 5.26 Å². The van der Waals surface area contributed by atoms with Gasteiger partial charge in [0.15, 0.2) is 5.17 Å². The number of aliphatic imine (C=N–C) groups is 1. The van der Waals surface area contributed by atoms with E-state index in [9.17, 15) is 8.78 Å². The second-order valence-corrected chi connectivity index (χ2v) is 9.43. The lowest BCUT2D eigenvalue weighted by molar-refractivity contribution is 0.375. The van der Waals surface area contributed by atoms with Crippen LogP contribution in [0.5, 0.6) is 0 Å². The molecule has 0 radical (unpaired) electrons. The molecule has 1 aliphatic rings. The summed E-state index contributed by atoms with van der Waals surface area (Å²) in [5.74, 6) is -1.03. The van der Waals surface area contributed by atoms with Gasteiger partial charge < -0.3 is 5.73 Å². The molecule has 0 unspecified atom stereocenters. The molecule has 0 saturated heterocycles. The number of hydrogen-bond acceptors (Lipinski definition) is 5. The van der Waals surface area contributed by atoms with Gasteiger partial charge >= 0.3 is 0 Å². The van der Waals surface area contributed by atoms with Crippen molar-refractivity contribution in [3.8, 4) is 6.07 Å². The first kappa shape index (κ1) is 21.3. The molecular formula is C21H19ClF2N4S. The monoisotopic (exact) mass is 432 g/mol. The molecule has 0 fully saturated rings. The largest absolute Gasteiger partial charge is 0.378 e. The summed E-state index contributed by atoms with van der Waals surface area (Å²) in [7, 11) is 0. The number of nitrogens with two attached hydrogens (primary N) is 1. The van der Waals surface area contributed by atoms with Gasteiger partial charge in [-0.25, -0.2) is 8.78 Å². The molecule has 2 heterocycles. The van der Waals surface area contributed by atoms with Crippen LogP contribution in [0.4, 0.5) is 8.78 Å². The third-order valence-electron chi connectivity index (χ3n) is 4.72. The summed E-state index contributed by atoms with van der Waals surface area (Å²) >= 11 is 7.10. The summed E-state index contributed by atoms with van der Waals surface area (Å²) in [5, 5.41) is 9.86. The molecule has 2 aromatic rings. The molecule has 1 aromatic heterocycles. The molecule has 0 aliphatic carbocycles. The van der Waals surface area contributed by atoms with Crippen LogP contribution in [0.2, 0.25) is 5.02 Å². The topological polar surface area (TPSA) is 75.1 Å². The van der Waals surface area contributed by atoms with Crippen LogP contribution in [0.15, 0.2) is 41.5 Å². The Balaban J connectivity index is 2.01. The Kier molecular flexibility index (Phi) is 5.97. The Morgan fingerprint density at radius 2 is 2.14 bits per heavy atom. The van der Waals surface area contributed by atoms with Crippen molar-refractivity contribution in [2.45, 2.75) is 37.0 Å². The average Bonchev–Trinajstić information content (AvgIpc) is 2.62. The predicted molar refractivity (Wildman–Crippen MR) is 114 cm³/mol. The van der Waals surface area contributed by atoms with Gasteiger partial charge in [-0.15, -0.1) is 0 Å². The van der Waals surface area contributed by atoms with Crippen molar-refractivity contribution in [2.24, 2.45) is 10.7 Å². The Labute approximate surface area is 177 Å². The van der Waals surface area contributed by atoms with E-state index in [1.54, 1.807) is 19.1 Å². The first-order valence-electron chi connectivity index (χ1n) is 8.85. The van der Waals surface area contributed by atoms with E-state index >= 15 is 0 Å². The summed E-state index contributed by atoms with van der Waals surface area (Å²) in [5.41, 5.74) is 5.93. The van der Waals surface area contributed by atoms with Gasteiger partial charge in [0.1, 0.15) is 11.6 Å². The van der Waals surface area contributed by atoms with Gasteiger partial charge in [0, 0.05) is 16.5 Å². The van der Waals surface area contributed by atoms with Crippen LogP contribution in [0.3, 0.4) is 0 Å². The maximum Gasteiger partial charge on any atom is 0.155 e. The third-order valence-corrected chi connectivity index (χ3v) is 6.02. The molecule has 2 N–H and O–H groups in total. The van der Waals surface area contributed by atoms with Gasteiger partial charge in [-0.05, 0) is 56.2 Å². The molecule has 1 aliphatic heterocycles. The zero-order valence-electron chi connectivity index (χ0n) is 15.9. The number of hydrogen-bond donors (Lipinski definition) is 1. The van der Waals surface area contributed by atoms with Crippen LogP contribution in [-0.2, 0) is 5.54 Å². The van der Waals surface area contributed by atoms with Gasteiger partial charge in [-0.1, -0.05) is 29.4 Å². The summed E-state index contributed by atoms with van der Waals surface area (Å²) in [6.45, 7) is 3.69. The molecule has 0 bridgehead atoms. The summed E-state index contributed by atoms with van der Waals surface area (Å²) in [6.07, 6.45) is 3.31. The molecule has 4 nitrogen and oxygen atoms in total. The maximum absolute atomic E-state index is 14.7. The molecule has 2 atom stereocenters. The number of aromatic nitrogens is 1. The average molecular weight is 433 g/mol. The van der Waals surface area contributed by atoms with Gasteiger partial charge in [0.2, 0.25) is 0 Å². The lowest BCUT2D eigenvalue weighted by Crippen LogP contribution is -2.40. The SMILES string of the molecule is C[C@]1(CC#N)C[C@@](C)(c2cc(/C=C(\F)c3ccc(Cl)cn3)ccc2F)N=C(N)S1. The Bertz CT molecular complexity index is 1030.